The molecule has 3 rings (SSSR count). The Labute approximate surface area is 153 Å². The maximum absolute atomic E-state index is 12.3. The SMILES string of the molecule is CC(C)n1cnc([C@H]2CN(S(C)(=O)=O)c3ccc(C(=O)N(C)C)cc32)n1. The van der Waals surface area contributed by atoms with Gasteiger partial charge in [-0.2, -0.15) is 5.10 Å². The lowest BCUT2D eigenvalue weighted by atomic mass is 9.98. The van der Waals surface area contributed by atoms with E-state index in [0.717, 1.165) is 5.56 Å². The fourth-order valence-electron chi connectivity index (χ4n) is 3.05. The first kappa shape index (κ1) is 18.4. The Kier molecular flexibility index (Phi) is 4.51. The molecule has 140 valence electrons. The summed E-state index contributed by atoms with van der Waals surface area (Å²) in [5.74, 6) is 0.111. The van der Waals surface area contributed by atoms with E-state index < -0.39 is 10.0 Å². The van der Waals surface area contributed by atoms with E-state index >= 15 is 0 Å². The van der Waals surface area contributed by atoms with Crippen LogP contribution in [0.3, 0.4) is 0 Å². The van der Waals surface area contributed by atoms with E-state index in [4.69, 9.17) is 0 Å². The third-order valence-electron chi connectivity index (χ3n) is 4.44. The Bertz CT molecular complexity index is 949. The molecule has 0 N–H and O–H groups in total. The van der Waals surface area contributed by atoms with Gasteiger partial charge in [-0.05, 0) is 37.6 Å². The van der Waals surface area contributed by atoms with Crippen LogP contribution < -0.4 is 4.31 Å². The van der Waals surface area contributed by atoms with Crippen molar-refractivity contribution in [2.45, 2.75) is 25.8 Å². The molecule has 0 saturated carbocycles. The Morgan fingerprint density at radius 1 is 1.31 bits per heavy atom. The molecule has 8 nitrogen and oxygen atoms in total. The number of nitrogens with zero attached hydrogens (tertiary/aromatic N) is 5. The topological polar surface area (TPSA) is 88.4 Å². The summed E-state index contributed by atoms with van der Waals surface area (Å²) in [7, 11) is -0.0757. The van der Waals surface area contributed by atoms with Crippen molar-refractivity contribution in [3.63, 3.8) is 0 Å². The molecule has 0 radical (unpaired) electrons. The van der Waals surface area contributed by atoms with E-state index in [1.165, 1.54) is 15.5 Å². The van der Waals surface area contributed by atoms with Crippen LogP contribution >= 0.6 is 0 Å². The number of anilines is 1. The lowest BCUT2D eigenvalue weighted by Gasteiger charge is -2.17. The number of benzene rings is 1. The van der Waals surface area contributed by atoms with Crippen molar-refractivity contribution in [1.29, 1.82) is 0 Å². The highest BCUT2D eigenvalue weighted by molar-refractivity contribution is 7.92. The lowest BCUT2D eigenvalue weighted by Crippen LogP contribution is -2.29. The molecule has 2 aromatic rings. The summed E-state index contributed by atoms with van der Waals surface area (Å²) in [6.07, 6.45) is 2.83. The lowest BCUT2D eigenvalue weighted by molar-refractivity contribution is 0.0827. The minimum Gasteiger partial charge on any atom is -0.345 e. The van der Waals surface area contributed by atoms with E-state index in [9.17, 15) is 13.2 Å². The third kappa shape index (κ3) is 3.18. The van der Waals surface area contributed by atoms with Gasteiger partial charge in [-0.3, -0.25) is 13.8 Å². The number of amides is 1. The molecule has 0 saturated heterocycles. The van der Waals surface area contributed by atoms with Crippen LogP contribution in [0.25, 0.3) is 0 Å². The summed E-state index contributed by atoms with van der Waals surface area (Å²) in [5.41, 5.74) is 1.84. The summed E-state index contributed by atoms with van der Waals surface area (Å²) in [4.78, 5) is 18.2. The first-order valence-electron chi connectivity index (χ1n) is 8.34. The van der Waals surface area contributed by atoms with Crippen molar-refractivity contribution in [3.8, 4) is 0 Å². The number of fused-ring (bicyclic) bond motifs is 1. The average molecular weight is 377 g/mol. The number of aromatic nitrogens is 3. The molecule has 0 bridgehead atoms. The Morgan fingerprint density at radius 2 is 2.00 bits per heavy atom. The van der Waals surface area contributed by atoms with Crippen molar-refractivity contribution in [2.75, 3.05) is 31.2 Å². The second-order valence-electron chi connectivity index (χ2n) is 7.00. The Balaban J connectivity index is 2.11. The summed E-state index contributed by atoms with van der Waals surface area (Å²) in [6.45, 7) is 4.23. The number of hydrogen-bond acceptors (Lipinski definition) is 5. The zero-order chi connectivity index (χ0) is 19.2. The van der Waals surface area contributed by atoms with Gasteiger partial charge in [0.1, 0.15) is 6.33 Å². The van der Waals surface area contributed by atoms with Gasteiger partial charge >= 0.3 is 0 Å². The number of carbonyl (C=O) groups excluding carboxylic acids is 1. The fourth-order valence-corrected chi connectivity index (χ4v) is 3.99. The molecule has 2 heterocycles. The van der Waals surface area contributed by atoms with Crippen molar-refractivity contribution in [2.24, 2.45) is 0 Å². The van der Waals surface area contributed by atoms with E-state index in [1.54, 1.807) is 43.3 Å². The number of carbonyl (C=O) groups is 1. The first-order chi connectivity index (χ1) is 12.1. The van der Waals surface area contributed by atoms with Gasteiger partial charge in [0.25, 0.3) is 5.91 Å². The highest BCUT2D eigenvalue weighted by atomic mass is 32.2. The quantitative estimate of drug-likeness (QED) is 0.805. The molecule has 1 aromatic heterocycles. The van der Waals surface area contributed by atoms with Gasteiger partial charge in [-0.15, -0.1) is 0 Å². The largest absolute Gasteiger partial charge is 0.345 e. The molecule has 0 spiro atoms. The Morgan fingerprint density at radius 3 is 2.54 bits per heavy atom. The summed E-state index contributed by atoms with van der Waals surface area (Å²) in [5, 5.41) is 4.51. The van der Waals surface area contributed by atoms with Crippen molar-refractivity contribution < 1.29 is 13.2 Å². The Hall–Kier alpha value is -2.42. The molecule has 1 atom stereocenters. The highest BCUT2D eigenvalue weighted by Gasteiger charge is 2.37. The molecule has 1 aromatic carbocycles. The minimum absolute atomic E-state index is 0.134. The van der Waals surface area contributed by atoms with Gasteiger partial charge < -0.3 is 4.90 Å². The van der Waals surface area contributed by atoms with Crippen molar-refractivity contribution in [1.82, 2.24) is 19.7 Å². The average Bonchev–Trinajstić information content (AvgIpc) is 3.17. The number of sulfonamides is 1. The standard InChI is InChI=1S/C17H23N5O3S/c1-11(2)21-10-18-16(19-21)14-9-22(26(5,24)25)15-7-6-12(8-13(14)15)17(23)20(3)4/h6-8,10-11,14H,9H2,1-5H3/t14-/m0/s1. The number of rotatable bonds is 4. The monoisotopic (exact) mass is 377 g/mol. The highest BCUT2D eigenvalue weighted by Crippen LogP contribution is 2.41. The van der Waals surface area contributed by atoms with Crippen LogP contribution in [-0.4, -0.2) is 60.9 Å². The van der Waals surface area contributed by atoms with Crippen molar-refractivity contribution >= 4 is 21.6 Å². The molecule has 0 aliphatic carbocycles. The van der Waals surface area contributed by atoms with Gasteiger partial charge in [-0.1, -0.05) is 0 Å². The van der Waals surface area contributed by atoms with E-state index in [0.29, 0.717) is 17.1 Å². The molecular weight excluding hydrogens is 354 g/mol. The van der Waals surface area contributed by atoms with Gasteiger partial charge in [0.05, 0.1) is 17.9 Å². The zero-order valence-corrected chi connectivity index (χ0v) is 16.4. The zero-order valence-electron chi connectivity index (χ0n) is 15.5. The van der Waals surface area contributed by atoms with Gasteiger partial charge in [-0.25, -0.2) is 13.4 Å². The van der Waals surface area contributed by atoms with E-state index in [1.807, 2.05) is 13.8 Å². The van der Waals surface area contributed by atoms with E-state index in [2.05, 4.69) is 10.1 Å². The van der Waals surface area contributed by atoms with Crippen LogP contribution in [0.1, 0.15) is 47.6 Å². The molecule has 0 unspecified atom stereocenters. The van der Waals surface area contributed by atoms with E-state index in [-0.39, 0.29) is 24.4 Å². The summed E-state index contributed by atoms with van der Waals surface area (Å²) < 4.78 is 27.5. The predicted octanol–water partition coefficient (Wildman–Crippen LogP) is 1.47. The minimum atomic E-state index is -3.44. The van der Waals surface area contributed by atoms with Crippen LogP contribution in [0.5, 0.6) is 0 Å². The summed E-state index contributed by atoms with van der Waals surface area (Å²) in [6, 6.07) is 5.25. The predicted molar refractivity (Wildman–Crippen MR) is 98.9 cm³/mol. The molecule has 1 aliphatic rings. The van der Waals surface area contributed by atoms with Crippen LogP contribution in [-0.2, 0) is 10.0 Å². The second kappa shape index (κ2) is 6.39. The maximum atomic E-state index is 12.3. The molecule has 9 heteroatoms. The third-order valence-corrected chi connectivity index (χ3v) is 5.59. The van der Waals surface area contributed by atoms with Crippen LogP contribution in [0.15, 0.2) is 24.5 Å². The normalized spacial score (nSPS) is 16.8. The molecular formula is C17H23N5O3S. The number of hydrogen-bond donors (Lipinski definition) is 0. The molecule has 1 amide bonds. The maximum Gasteiger partial charge on any atom is 0.253 e. The fraction of sp³-hybridized carbons (Fsp3) is 0.471. The first-order valence-corrected chi connectivity index (χ1v) is 10.2. The second-order valence-corrected chi connectivity index (χ2v) is 8.90. The van der Waals surface area contributed by atoms with Gasteiger partial charge in [0, 0.05) is 32.2 Å². The van der Waals surface area contributed by atoms with Gasteiger partial charge in [0.2, 0.25) is 10.0 Å². The van der Waals surface area contributed by atoms with Crippen molar-refractivity contribution in [3.05, 3.63) is 41.5 Å². The van der Waals surface area contributed by atoms with Crippen LogP contribution in [0.4, 0.5) is 5.69 Å². The molecule has 26 heavy (non-hydrogen) atoms. The van der Waals surface area contributed by atoms with Crippen LogP contribution in [0, 0.1) is 0 Å². The summed E-state index contributed by atoms with van der Waals surface area (Å²) >= 11 is 0. The smallest absolute Gasteiger partial charge is 0.253 e. The van der Waals surface area contributed by atoms with Crippen LogP contribution in [0.2, 0.25) is 0 Å². The van der Waals surface area contributed by atoms with Gasteiger partial charge in [0.15, 0.2) is 5.82 Å². The molecule has 0 fully saturated rings. The molecule has 1 aliphatic heterocycles.